The first-order valence-electron chi connectivity index (χ1n) is 6.59. The van der Waals surface area contributed by atoms with Crippen molar-refractivity contribution in [3.63, 3.8) is 0 Å². The maximum absolute atomic E-state index is 12.0. The Morgan fingerprint density at radius 3 is 3.15 bits per heavy atom. The van der Waals surface area contributed by atoms with Crippen LogP contribution >= 0.6 is 11.6 Å². The van der Waals surface area contributed by atoms with Crippen LogP contribution in [0.5, 0.6) is 0 Å². The number of benzene rings is 1. The van der Waals surface area contributed by atoms with Crippen LogP contribution in [-0.4, -0.2) is 45.4 Å². The smallest absolute Gasteiger partial charge is 0.250 e. The van der Waals surface area contributed by atoms with E-state index < -0.39 is 6.10 Å². The first kappa shape index (κ1) is 15.3. The molecule has 1 saturated heterocycles. The predicted octanol–water partition coefficient (Wildman–Crippen LogP) is 1.13. The zero-order valence-corrected chi connectivity index (χ0v) is 12.2. The van der Waals surface area contributed by atoms with Crippen LogP contribution in [-0.2, 0) is 14.3 Å². The number of hydrogen-bond acceptors (Lipinski definition) is 4. The molecule has 1 amide bonds. The largest absolute Gasteiger partial charge is 0.375 e. The van der Waals surface area contributed by atoms with E-state index in [1.807, 2.05) is 18.2 Å². The van der Waals surface area contributed by atoms with Gasteiger partial charge in [-0.05, 0) is 17.7 Å². The molecule has 1 aromatic carbocycles. The standard InChI is InChI=1S/C14H19ClN2O3/c1-19-12(10-3-2-4-11(15)7-10)9-17-14(18)13-8-16-5-6-20-13/h2-4,7,12-13,16H,5-6,8-9H2,1H3,(H,17,18). The molecule has 1 aromatic rings. The summed E-state index contributed by atoms with van der Waals surface area (Å²) in [6.45, 7) is 2.27. The molecule has 6 heteroatoms. The van der Waals surface area contributed by atoms with Crippen LogP contribution in [0, 0.1) is 0 Å². The molecule has 0 spiro atoms. The lowest BCUT2D eigenvalue weighted by Crippen LogP contribution is -2.48. The SMILES string of the molecule is COC(CNC(=O)C1CNCCO1)c1cccc(Cl)c1. The predicted molar refractivity (Wildman–Crippen MR) is 76.8 cm³/mol. The van der Waals surface area contributed by atoms with E-state index in [1.165, 1.54) is 0 Å². The number of nitrogens with one attached hydrogen (secondary N) is 2. The summed E-state index contributed by atoms with van der Waals surface area (Å²) in [4.78, 5) is 12.0. The summed E-state index contributed by atoms with van der Waals surface area (Å²) in [6, 6.07) is 7.42. The first-order valence-corrected chi connectivity index (χ1v) is 6.97. The second kappa shape index (κ2) is 7.59. The lowest BCUT2D eigenvalue weighted by molar-refractivity contribution is -0.134. The van der Waals surface area contributed by atoms with Crippen molar-refractivity contribution in [2.45, 2.75) is 12.2 Å². The number of halogens is 1. The van der Waals surface area contributed by atoms with Gasteiger partial charge in [0.1, 0.15) is 6.10 Å². The topological polar surface area (TPSA) is 59.6 Å². The normalized spacial score (nSPS) is 20.4. The molecule has 2 N–H and O–H groups in total. The minimum Gasteiger partial charge on any atom is -0.375 e. The van der Waals surface area contributed by atoms with E-state index in [0.29, 0.717) is 24.7 Å². The van der Waals surface area contributed by atoms with Gasteiger partial charge in [0.25, 0.3) is 5.91 Å². The van der Waals surface area contributed by atoms with Crippen LogP contribution in [0.4, 0.5) is 0 Å². The van der Waals surface area contributed by atoms with Crippen LogP contribution < -0.4 is 10.6 Å². The highest BCUT2D eigenvalue weighted by Gasteiger charge is 2.22. The van der Waals surface area contributed by atoms with Crippen LogP contribution in [0.15, 0.2) is 24.3 Å². The van der Waals surface area contributed by atoms with Crippen LogP contribution in [0.3, 0.4) is 0 Å². The average Bonchev–Trinajstić information content (AvgIpc) is 2.48. The van der Waals surface area contributed by atoms with Crippen molar-refractivity contribution in [2.24, 2.45) is 0 Å². The van der Waals surface area contributed by atoms with Crippen molar-refractivity contribution in [3.8, 4) is 0 Å². The van der Waals surface area contributed by atoms with Gasteiger partial charge in [0.05, 0.1) is 12.7 Å². The van der Waals surface area contributed by atoms with Crippen molar-refractivity contribution < 1.29 is 14.3 Å². The van der Waals surface area contributed by atoms with E-state index in [1.54, 1.807) is 13.2 Å². The molecular weight excluding hydrogens is 280 g/mol. The first-order chi connectivity index (χ1) is 9.70. The van der Waals surface area contributed by atoms with Gasteiger partial charge in [-0.2, -0.15) is 0 Å². The van der Waals surface area contributed by atoms with Gasteiger partial charge < -0.3 is 20.1 Å². The Kier molecular flexibility index (Phi) is 5.79. The number of ether oxygens (including phenoxy) is 2. The summed E-state index contributed by atoms with van der Waals surface area (Å²) in [5, 5.41) is 6.62. The third kappa shape index (κ3) is 4.18. The zero-order valence-electron chi connectivity index (χ0n) is 11.4. The average molecular weight is 299 g/mol. The van der Waals surface area contributed by atoms with Crippen LogP contribution in [0.2, 0.25) is 5.02 Å². The van der Waals surface area contributed by atoms with Gasteiger partial charge >= 0.3 is 0 Å². The molecule has 1 heterocycles. The number of carbonyl (C=O) groups is 1. The fourth-order valence-corrected chi connectivity index (χ4v) is 2.28. The summed E-state index contributed by atoms with van der Waals surface area (Å²) in [5.74, 6) is -0.124. The molecule has 0 aliphatic carbocycles. The van der Waals surface area contributed by atoms with Crippen LogP contribution in [0.1, 0.15) is 11.7 Å². The summed E-state index contributed by atoms with van der Waals surface area (Å²) in [7, 11) is 1.61. The highest BCUT2D eigenvalue weighted by Crippen LogP contribution is 2.19. The molecule has 1 aliphatic heterocycles. The highest BCUT2D eigenvalue weighted by atomic mass is 35.5. The molecule has 0 bridgehead atoms. The van der Waals surface area contributed by atoms with Crippen molar-refractivity contribution in [2.75, 3.05) is 33.4 Å². The number of amides is 1. The maximum Gasteiger partial charge on any atom is 0.250 e. The molecule has 2 atom stereocenters. The monoisotopic (exact) mass is 298 g/mol. The van der Waals surface area contributed by atoms with Gasteiger partial charge in [0.15, 0.2) is 0 Å². The van der Waals surface area contributed by atoms with Gasteiger partial charge in [-0.15, -0.1) is 0 Å². The van der Waals surface area contributed by atoms with E-state index in [0.717, 1.165) is 12.1 Å². The quantitative estimate of drug-likeness (QED) is 0.856. The second-order valence-corrected chi connectivity index (χ2v) is 5.02. The van der Waals surface area contributed by atoms with Crippen molar-refractivity contribution in [1.82, 2.24) is 10.6 Å². The fraction of sp³-hybridized carbons (Fsp3) is 0.500. The molecule has 2 unspecified atom stereocenters. The molecular formula is C14H19ClN2O3. The van der Waals surface area contributed by atoms with Crippen molar-refractivity contribution in [3.05, 3.63) is 34.9 Å². The molecule has 5 nitrogen and oxygen atoms in total. The molecule has 2 rings (SSSR count). The van der Waals surface area contributed by atoms with E-state index in [2.05, 4.69) is 10.6 Å². The summed E-state index contributed by atoms with van der Waals surface area (Å²) in [5.41, 5.74) is 0.933. The van der Waals surface area contributed by atoms with Gasteiger partial charge in [-0.25, -0.2) is 0 Å². The van der Waals surface area contributed by atoms with Gasteiger partial charge in [0, 0.05) is 31.8 Å². The fourth-order valence-electron chi connectivity index (χ4n) is 2.09. The van der Waals surface area contributed by atoms with E-state index in [4.69, 9.17) is 21.1 Å². The number of rotatable bonds is 5. The number of hydrogen-bond donors (Lipinski definition) is 2. The number of methoxy groups -OCH3 is 1. The van der Waals surface area contributed by atoms with Crippen LogP contribution in [0.25, 0.3) is 0 Å². The second-order valence-electron chi connectivity index (χ2n) is 4.59. The molecule has 0 radical (unpaired) electrons. The Morgan fingerprint density at radius 2 is 2.50 bits per heavy atom. The van der Waals surface area contributed by atoms with Gasteiger partial charge in [-0.1, -0.05) is 23.7 Å². The summed E-state index contributed by atoms with van der Waals surface area (Å²) in [6.07, 6.45) is -0.658. The Hall–Kier alpha value is -1.14. The zero-order chi connectivity index (χ0) is 14.4. The Bertz CT molecular complexity index is 450. The third-order valence-electron chi connectivity index (χ3n) is 3.19. The highest BCUT2D eigenvalue weighted by molar-refractivity contribution is 6.30. The molecule has 0 saturated carbocycles. The molecule has 110 valence electrons. The third-order valence-corrected chi connectivity index (χ3v) is 3.42. The number of morpholine rings is 1. The van der Waals surface area contributed by atoms with Gasteiger partial charge in [0.2, 0.25) is 0 Å². The summed E-state index contributed by atoms with van der Waals surface area (Å²) >= 11 is 5.96. The molecule has 0 aromatic heterocycles. The molecule has 1 fully saturated rings. The molecule has 1 aliphatic rings. The Morgan fingerprint density at radius 1 is 1.65 bits per heavy atom. The summed E-state index contributed by atoms with van der Waals surface area (Å²) < 4.78 is 10.8. The van der Waals surface area contributed by atoms with Crippen molar-refractivity contribution >= 4 is 17.5 Å². The molecule has 20 heavy (non-hydrogen) atoms. The Balaban J connectivity index is 1.88. The van der Waals surface area contributed by atoms with E-state index in [9.17, 15) is 4.79 Å². The van der Waals surface area contributed by atoms with Gasteiger partial charge in [-0.3, -0.25) is 4.79 Å². The minimum atomic E-state index is -0.430. The van der Waals surface area contributed by atoms with E-state index in [-0.39, 0.29) is 12.0 Å². The van der Waals surface area contributed by atoms with E-state index >= 15 is 0 Å². The lowest BCUT2D eigenvalue weighted by atomic mass is 10.1. The van der Waals surface area contributed by atoms with Crippen molar-refractivity contribution in [1.29, 1.82) is 0 Å². The lowest BCUT2D eigenvalue weighted by Gasteiger charge is -2.24. The Labute approximate surface area is 123 Å². The maximum atomic E-state index is 12.0. The minimum absolute atomic E-state index is 0.124. The number of carbonyl (C=O) groups excluding carboxylic acids is 1.